The summed E-state index contributed by atoms with van der Waals surface area (Å²) < 4.78 is 18.8. The number of carbonyl (C=O) groups is 1. The Balaban J connectivity index is 1.64. The van der Waals surface area contributed by atoms with Gasteiger partial charge in [-0.05, 0) is 44.4 Å². The number of pyridine rings is 1. The fraction of sp³-hybridized carbons (Fsp3) is 0.333. The predicted octanol–water partition coefficient (Wildman–Crippen LogP) is 2.96. The third-order valence-electron chi connectivity index (χ3n) is 4.56. The van der Waals surface area contributed by atoms with Gasteiger partial charge in [0.05, 0.1) is 10.9 Å². The Morgan fingerprint density at radius 2 is 2.15 bits per heavy atom. The number of furan rings is 1. The Labute approximate surface area is 149 Å². The molecule has 4 rings (SSSR count). The van der Waals surface area contributed by atoms with Crippen molar-refractivity contribution in [3.63, 3.8) is 0 Å². The minimum absolute atomic E-state index is 0.00519. The first-order chi connectivity index (χ1) is 12.5. The van der Waals surface area contributed by atoms with Gasteiger partial charge in [0.25, 0.3) is 5.91 Å². The van der Waals surface area contributed by atoms with E-state index in [-0.39, 0.29) is 18.0 Å². The second-order valence-corrected chi connectivity index (χ2v) is 6.79. The third kappa shape index (κ3) is 3.10. The Hall–Kier alpha value is -3.03. The standard InChI is InChI=1S/C18H18FN5O2/c1-10-13(16(25)21-8-11-3-6-20-12(19)7-11)14-15(24-18(2)4-5-18)22-9-23-17(14)26-10/h3,6-7,9H,4-5,8H2,1-2H3,(H,21,25)(H,22,23,24). The fourth-order valence-corrected chi connectivity index (χ4v) is 2.83. The number of aryl methyl sites for hydroxylation is 1. The summed E-state index contributed by atoms with van der Waals surface area (Å²) in [6.45, 7) is 4.00. The molecule has 0 bridgehead atoms. The van der Waals surface area contributed by atoms with Crippen LogP contribution < -0.4 is 10.6 Å². The van der Waals surface area contributed by atoms with E-state index in [0.29, 0.717) is 33.8 Å². The van der Waals surface area contributed by atoms with Crippen LogP contribution in [0.2, 0.25) is 0 Å². The molecular formula is C18H18FN5O2. The average Bonchev–Trinajstić information content (AvgIpc) is 3.21. The van der Waals surface area contributed by atoms with E-state index in [4.69, 9.17) is 4.42 Å². The first-order valence-corrected chi connectivity index (χ1v) is 8.36. The van der Waals surface area contributed by atoms with Crippen LogP contribution in [0.4, 0.5) is 10.2 Å². The molecule has 1 aliphatic rings. The molecule has 3 aromatic heterocycles. The van der Waals surface area contributed by atoms with Crippen LogP contribution in [-0.2, 0) is 6.54 Å². The lowest BCUT2D eigenvalue weighted by Gasteiger charge is -2.13. The average molecular weight is 355 g/mol. The zero-order valence-electron chi connectivity index (χ0n) is 14.5. The van der Waals surface area contributed by atoms with Gasteiger partial charge in [-0.2, -0.15) is 4.39 Å². The van der Waals surface area contributed by atoms with Gasteiger partial charge in [-0.15, -0.1) is 0 Å². The summed E-state index contributed by atoms with van der Waals surface area (Å²) in [6, 6.07) is 2.93. The third-order valence-corrected chi connectivity index (χ3v) is 4.56. The highest BCUT2D eigenvalue weighted by Gasteiger charge is 2.38. The lowest BCUT2D eigenvalue weighted by Crippen LogP contribution is -2.24. The van der Waals surface area contributed by atoms with Crippen molar-refractivity contribution in [2.45, 2.75) is 38.8 Å². The summed E-state index contributed by atoms with van der Waals surface area (Å²) in [7, 11) is 0. The van der Waals surface area contributed by atoms with E-state index < -0.39 is 5.95 Å². The fourth-order valence-electron chi connectivity index (χ4n) is 2.83. The van der Waals surface area contributed by atoms with Gasteiger partial charge in [-0.3, -0.25) is 4.79 Å². The quantitative estimate of drug-likeness (QED) is 0.684. The second kappa shape index (κ2) is 6.05. The molecule has 2 N–H and O–H groups in total. The minimum Gasteiger partial charge on any atom is -0.442 e. The van der Waals surface area contributed by atoms with Crippen molar-refractivity contribution >= 4 is 22.8 Å². The molecule has 1 fully saturated rings. The van der Waals surface area contributed by atoms with Crippen molar-refractivity contribution in [1.82, 2.24) is 20.3 Å². The first kappa shape index (κ1) is 16.4. The molecule has 134 valence electrons. The van der Waals surface area contributed by atoms with Crippen LogP contribution in [-0.4, -0.2) is 26.4 Å². The number of hydrogen-bond acceptors (Lipinski definition) is 6. The Morgan fingerprint density at radius 3 is 2.88 bits per heavy atom. The molecule has 26 heavy (non-hydrogen) atoms. The molecule has 0 saturated heterocycles. The van der Waals surface area contributed by atoms with E-state index in [2.05, 4.69) is 32.5 Å². The molecule has 0 radical (unpaired) electrons. The molecule has 0 spiro atoms. The highest BCUT2D eigenvalue weighted by atomic mass is 19.1. The summed E-state index contributed by atoms with van der Waals surface area (Å²) in [6.07, 6.45) is 4.87. The Bertz CT molecular complexity index is 996. The Kier molecular flexibility index (Phi) is 3.82. The molecular weight excluding hydrogens is 337 g/mol. The number of rotatable bonds is 5. The van der Waals surface area contributed by atoms with E-state index in [9.17, 15) is 9.18 Å². The largest absolute Gasteiger partial charge is 0.442 e. The van der Waals surface area contributed by atoms with E-state index in [1.165, 1.54) is 18.6 Å². The number of anilines is 1. The van der Waals surface area contributed by atoms with Crippen molar-refractivity contribution in [2.24, 2.45) is 0 Å². The van der Waals surface area contributed by atoms with E-state index in [1.807, 2.05) is 0 Å². The molecule has 1 aliphatic carbocycles. The summed E-state index contributed by atoms with van der Waals surface area (Å²) >= 11 is 0. The van der Waals surface area contributed by atoms with Gasteiger partial charge in [0.2, 0.25) is 11.7 Å². The van der Waals surface area contributed by atoms with Crippen LogP contribution in [0, 0.1) is 12.9 Å². The van der Waals surface area contributed by atoms with Gasteiger partial charge >= 0.3 is 0 Å². The molecule has 0 atom stereocenters. The lowest BCUT2D eigenvalue weighted by molar-refractivity contribution is 0.0950. The molecule has 1 amide bonds. The number of hydrogen-bond donors (Lipinski definition) is 2. The monoisotopic (exact) mass is 355 g/mol. The van der Waals surface area contributed by atoms with Gasteiger partial charge in [0.1, 0.15) is 17.9 Å². The normalized spacial score (nSPS) is 15.0. The van der Waals surface area contributed by atoms with E-state index in [0.717, 1.165) is 12.8 Å². The van der Waals surface area contributed by atoms with Crippen LogP contribution in [0.15, 0.2) is 29.1 Å². The summed E-state index contributed by atoms with van der Waals surface area (Å²) in [5.74, 6) is 0.145. The van der Waals surface area contributed by atoms with Crippen LogP contribution >= 0.6 is 0 Å². The van der Waals surface area contributed by atoms with Crippen LogP contribution in [0.1, 0.15) is 41.4 Å². The van der Waals surface area contributed by atoms with Gasteiger partial charge in [0, 0.05) is 18.3 Å². The SMILES string of the molecule is Cc1oc2ncnc(NC3(C)CC3)c2c1C(=O)NCc1ccnc(F)c1. The zero-order valence-corrected chi connectivity index (χ0v) is 14.5. The number of nitrogens with zero attached hydrogens (tertiary/aromatic N) is 3. The van der Waals surface area contributed by atoms with Crippen molar-refractivity contribution in [1.29, 1.82) is 0 Å². The molecule has 0 aliphatic heterocycles. The molecule has 3 aromatic rings. The molecule has 3 heterocycles. The number of nitrogens with one attached hydrogen (secondary N) is 2. The van der Waals surface area contributed by atoms with Gasteiger partial charge < -0.3 is 15.1 Å². The van der Waals surface area contributed by atoms with Crippen LogP contribution in [0.3, 0.4) is 0 Å². The number of amides is 1. The van der Waals surface area contributed by atoms with Crippen molar-refractivity contribution in [3.05, 3.63) is 47.5 Å². The number of halogens is 1. The van der Waals surface area contributed by atoms with Crippen molar-refractivity contribution < 1.29 is 13.6 Å². The smallest absolute Gasteiger partial charge is 0.255 e. The number of fused-ring (bicyclic) bond motifs is 1. The zero-order chi connectivity index (χ0) is 18.3. The maximum absolute atomic E-state index is 13.2. The minimum atomic E-state index is -0.584. The highest BCUT2D eigenvalue weighted by Crippen LogP contribution is 2.40. The van der Waals surface area contributed by atoms with Gasteiger partial charge in [-0.1, -0.05) is 0 Å². The maximum Gasteiger partial charge on any atom is 0.255 e. The topological polar surface area (TPSA) is 92.9 Å². The summed E-state index contributed by atoms with van der Waals surface area (Å²) in [4.78, 5) is 24.7. The maximum atomic E-state index is 13.2. The summed E-state index contributed by atoms with van der Waals surface area (Å²) in [5, 5.41) is 6.73. The van der Waals surface area contributed by atoms with Crippen LogP contribution in [0.25, 0.3) is 11.1 Å². The van der Waals surface area contributed by atoms with Gasteiger partial charge in [0.15, 0.2) is 0 Å². The lowest BCUT2D eigenvalue weighted by atomic mass is 10.1. The number of aromatic nitrogens is 3. The van der Waals surface area contributed by atoms with Gasteiger partial charge in [-0.25, -0.2) is 15.0 Å². The Morgan fingerprint density at radius 1 is 1.35 bits per heavy atom. The predicted molar refractivity (Wildman–Crippen MR) is 93.2 cm³/mol. The van der Waals surface area contributed by atoms with Crippen LogP contribution in [0.5, 0.6) is 0 Å². The highest BCUT2D eigenvalue weighted by molar-refractivity contribution is 6.10. The molecule has 8 heteroatoms. The first-order valence-electron chi connectivity index (χ1n) is 8.36. The second-order valence-electron chi connectivity index (χ2n) is 6.79. The molecule has 0 unspecified atom stereocenters. The van der Waals surface area contributed by atoms with Crippen molar-refractivity contribution in [2.75, 3.05) is 5.32 Å². The van der Waals surface area contributed by atoms with Crippen molar-refractivity contribution in [3.8, 4) is 0 Å². The molecule has 1 saturated carbocycles. The number of carbonyl (C=O) groups excluding carboxylic acids is 1. The molecule has 7 nitrogen and oxygen atoms in total. The van der Waals surface area contributed by atoms with E-state index in [1.54, 1.807) is 13.0 Å². The summed E-state index contributed by atoms with van der Waals surface area (Å²) in [5.41, 5.74) is 1.37. The molecule has 0 aromatic carbocycles. The van der Waals surface area contributed by atoms with E-state index >= 15 is 0 Å².